The molecule has 0 amide bonds. The fourth-order valence-corrected chi connectivity index (χ4v) is 8.55. The minimum absolute atomic E-state index is 0.696. The zero-order valence-corrected chi connectivity index (χ0v) is 31.7. The van der Waals surface area contributed by atoms with Gasteiger partial charge in [0, 0.05) is 16.7 Å². The molecule has 0 aliphatic rings. The van der Waals surface area contributed by atoms with Crippen LogP contribution < -0.4 is 0 Å². The normalized spacial score (nSPS) is 11.4. The highest BCUT2D eigenvalue weighted by molar-refractivity contribution is 6.20. The molecule has 270 valence electrons. The van der Waals surface area contributed by atoms with Gasteiger partial charge in [0.05, 0.1) is 11.4 Å². The van der Waals surface area contributed by atoms with Crippen molar-refractivity contribution in [3.8, 4) is 67.3 Å². The van der Waals surface area contributed by atoms with E-state index < -0.39 is 0 Å². The minimum atomic E-state index is 0.696. The van der Waals surface area contributed by atoms with Crippen molar-refractivity contribution >= 4 is 43.1 Å². The van der Waals surface area contributed by atoms with Crippen LogP contribution >= 0.6 is 0 Å². The molecule has 0 saturated carbocycles. The summed E-state index contributed by atoms with van der Waals surface area (Å²) in [6, 6.07) is 78.2. The Hall–Kier alpha value is -7.68. The number of rotatable bonds is 6. The molecule has 0 radical (unpaired) electrons. The summed E-state index contributed by atoms with van der Waals surface area (Å²) in [5.74, 6) is 0.696. The first-order valence-electron chi connectivity index (χ1n) is 19.8. The van der Waals surface area contributed by atoms with E-state index in [0.717, 1.165) is 33.6 Å². The first-order chi connectivity index (χ1) is 28.7. The van der Waals surface area contributed by atoms with Crippen molar-refractivity contribution in [2.24, 2.45) is 0 Å². The Bertz CT molecular complexity index is 3290. The van der Waals surface area contributed by atoms with Gasteiger partial charge in [0.1, 0.15) is 0 Å². The topological polar surface area (TPSA) is 25.8 Å². The van der Waals surface area contributed by atoms with Gasteiger partial charge in [-0.15, -0.1) is 0 Å². The molecule has 0 saturated heterocycles. The Balaban J connectivity index is 1.02. The number of fused-ring (bicyclic) bond motifs is 5. The molecule has 58 heavy (non-hydrogen) atoms. The van der Waals surface area contributed by atoms with Crippen LogP contribution in [0.4, 0.5) is 0 Å². The Morgan fingerprint density at radius 1 is 0.241 bits per heavy atom. The van der Waals surface area contributed by atoms with Gasteiger partial charge in [-0.25, -0.2) is 9.97 Å². The standard InChI is InChI=1S/C56H36N2/c1-2-11-37(12-3-1)38-21-31-45(32-22-38)56-57-53(42-25-23-41(24-26-42)48-20-10-16-39-13-4-7-17-47(39)48)36-54(58-56)43-27-29-44(30-28-43)55-50-19-9-6-15-46(50)35-52-49-18-8-5-14-40(49)33-34-51(52)55/h1-36H. The van der Waals surface area contributed by atoms with Crippen molar-refractivity contribution in [2.75, 3.05) is 0 Å². The molecule has 0 bridgehead atoms. The minimum Gasteiger partial charge on any atom is -0.228 e. The third-order valence-corrected chi connectivity index (χ3v) is 11.5. The van der Waals surface area contributed by atoms with Crippen LogP contribution in [0, 0.1) is 0 Å². The van der Waals surface area contributed by atoms with E-state index in [2.05, 4.69) is 212 Å². The van der Waals surface area contributed by atoms with E-state index in [-0.39, 0.29) is 0 Å². The van der Waals surface area contributed by atoms with Gasteiger partial charge in [-0.2, -0.15) is 0 Å². The quantitative estimate of drug-likeness (QED) is 0.125. The lowest BCUT2D eigenvalue weighted by Crippen LogP contribution is -1.96. The molecule has 2 nitrogen and oxygen atoms in total. The van der Waals surface area contributed by atoms with E-state index in [1.54, 1.807) is 0 Å². The van der Waals surface area contributed by atoms with E-state index in [9.17, 15) is 0 Å². The van der Waals surface area contributed by atoms with Gasteiger partial charge in [-0.3, -0.25) is 0 Å². The number of nitrogens with zero attached hydrogens (tertiary/aromatic N) is 2. The summed E-state index contributed by atoms with van der Waals surface area (Å²) in [7, 11) is 0. The van der Waals surface area contributed by atoms with Crippen LogP contribution in [0.3, 0.4) is 0 Å². The van der Waals surface area contributed by atoms with E-state index in [1.165, 1.54) is 70.9 Å². The maximum Gasteiger partial charge on any atom is 0.160 e. The van der Waals surface area contributed by atoms with Crippen molar-refractivity contribution in [2.45, 2.75) is 0 Å². The summed E-state index contributed by atoms with van der Waals surface area (Å²) in [6.45, 7) is 0. The molecule has 0 fully saturated rings. The second kappa shape index (κ2) is 14.1. The molecule has 1 heterocycles. The van der Waals surface area contributed by atoms with E-state index >= 15 is 0 Å². The highest BCUT2D eigenvalue weighted by atomic mass is 14.9. The summed E-state index contributed by atoms with van der Waals surface area (Å²) in [5.41, 5.74) is 12.0. The van der Waals surface area contributed by atoms with Crippen molar-refractivity contribution in [3.05, 3.63) is 218 Å². The van der Waals surface area contributed by atoms with Crippen molar-refractivity contribution < 1.29 is 0 Å². The molecule has 10 aromatic carbocycles. The summed E-state index contributed by atoms with van der Waals surface area (Å²) < 4.78 is 0. The molecule has 0 unspecified atom stereocenters. The zero-order valence-electron chi connectivity index (χ0n) is 31.7. The average molecular weight is 737 g/mol. The van der Waals surface area contributed by atoms with Crippen LogP contribution in [-0.4, -0.2) is 9.97 Å². The lowest BCUT2D eigenvalue weighted by Gasteiger charge is -2.15. The summed E-state index contributed by atoms with van der Waals surface area (Å²) in [6.07, 6.45) is 0. The summed E-state index contributed by atoms with van der Waals surface area (Å²) >= 11 is 0. The Morgan fingerprint density at radius 2 is 0.741 bits per heavy atom. The highest BCUT2D eigenvalue weighted by Crippen LogP contribution is 2.40. The Labute approximate surface area is 337 Å². The second-order valence-corrected chi connectivity index (χ2v) is 14.9. The van der Waals surface area contributed by atoms with E-state index in [1.807, 2.05) is 6.07 Å². The lowest BCUT2D eigenvalue weighted by molar-refractivity contribution is 1.18. The molecule has 0 atom stereocenters. The third-order valence-electron chi connectivity index (χ3n) is 11.5. The van der Waals surface area contributed by atoms with Gasteiger partial charge >= 0.3 is 0 Å². The predicted octanol–water partition coefficient (Wildman–Crippen LogP) is 15.1. The molecule has 11 rings (SSSR count). The monoisotopic (exact) mass is 736 g/mol. The van der Waals surface area contributed by atoms with Crippen molar-refractivity contribution in [3.63, 3.8) is 0 Å². The third kappa shape index (κ3) is 6.00. The van der Waals surface area contributed by atoms with Crippen LogP contribution in [0.1, 0.15) is 0 Å². The van der Waals surface area contributed by atoms with Crippen LogP contribution in [0.2, 0.25) is 0 Å². The lowest BCUT2D eigenvalue weighted by atomic mass is 9.89. The first-order valence-corrected chi connectivity index (χ1v) is 19.8. The molecule has 1 aromatic heterocycles. The molecule has 0 aliphatic heterocycles. The molecule has 0 N–H and O–H groups in total. The van der Waals surface area contributed by atoms with Crippen LogP contribution in [0.15, 0.2) is 218 Å². The fourth-order valence-electron chi connectivity index (χ4n) is 8.55. The second-order valence-electron chi connectivity index (χ2n) is 14.9. The molecular weight excluding hydrogens is 701 g/mol. The van der Waals surface area contributed by atoms with Gasteiger partial charge in [0.2, 0.25) is 0 Å². The van der Waals surface area contributed by atoms with Gasteiger partial charge < -0.3 is 0 Å². The van der Waals surface area contributed by atoms with Crippen LogP contribution in [0.5, 0.6) is 0 Å². The number of benzene rings is 10. The van der Waals surface area contributed by atoms with Crippen molar-refractivity contribution in [1.82, 2.24) is 9.97 Å². The Morgan fingerprint density at radius 3 is 1.45 bits per heavy atom. The van der Waals surface area contributed by atoms with Gasteiger partial charge in [-0.05, 0) is 88.6 Å². The van der Waals surface area contributed by atoms with Crippen LogP contribution in [-0.2, 0) is 0 Å². The summed E-state index contributed by atoms with van der Waals surface area (Å²) in [5, 5.41) is 10.0. The fraction of sp³-hybridized carbons (Fsp3) is 0. The maximum absolute atomic E-state index is 5.23. The number of hydrogen-bond donors (Lipinski definition) is 0. The maximum atomic E-state index is 5.23. The molecule has 2 heteroatoms. The number of hydrogen-bond acceptors (Lipinski definition) is 2. The van der Waals surface area contributed by atoms with Crippen LogP contribution in [0.25, 0.3) is 110 Å². The van der Waals surface area contributed by atoms with Crippen molar-refractivity contribution in [1.29, 1.82) is 0 Å². The average Bonchev–Trinajstić information content (AvgIpc) is 3.31. The predicted molar refractivity (Wildman–Crippen MR) is 245 cm³/mol. The first kappa shape index (κ1) is 33.6. The van der Waals surface area contributed by atoms with E-state index in [4.69, 9.17) is 9.97 Å². The molecule has 0 aliphatic carbocycles. The molecule has 0 spiro atoms. The largest absolute Gasteiger partial charge is 0.228 e. The molecule has 11 aromatic rings. The highest BCUT2D eigenvalue weighted by Gasteiger charge is 2.15. The smallest absolute Gasteiger partial charge is 0.160 e. The number of aromatic nitrogens is 2. The van der Waals surface area contributed by atoms with Gasteiger partial charge in [0.15, 0.2) is 5.82 Å². The van der Waals surface area contributed by atoms with Gasteiger partial charge in [0.25, 0.3) is 0 Å². The zero-order chi connectivity index (χ0) is 38.4. The van der Waals surface area contributed by atoms with Gasteiger partial charge in [-0.1, -0.05) is 206 Å². The SMILES string of the molecule is c1ccc(-c2ccc(-c3nc(-c4ccc(-c5cccc6ccccc56)cc4)cc(-c4ccc(-c5c6ccccc6cc6c5ccc5ccccc56)cc4)n3)cc2)cc1. The molecular formula is C56H36N2. The summed E-state index contributed by atoms with van der Waals surface area (Å²) in [4.78, 5) is 10.4. The Kier molecular flexibility index (Phi) is 8.19. The van der Waals surface area contributed by atoms with E-state index in [0.29, 0.717) is 5.82 Å².